The molecule has 0 aromatic heterocycles. The number of halogens is 1. The number of hydrogen-bond donors (Lipinski definition) is 1. The van der Waals surface area contributed by atoms with Crippen LogP contribution in [0.5, 0.6) is 0 Å². The van der Waals surface area contributed by atoms with Gasteiger partial charge in [-0.3, -0.25) is 24.5 Å². The lowest BCUT2D eigenvalue weighted by atomic mass is 9.79. The molecule has 12 nitrogen and oxygen atoms in total. The molecule has 1 N–H and O–H groups in total. The van der Waals surface area contributed by atoms with E-state index in [1.807, 2.05) is 61.5 Å². The van der Waals surface area contributed by atoms with Crippen molar-refractivity contribution in [3.8, 4) is 0 Å². The Morgan fingerprint density at radius 3 is 2.11 bits per heavy atom. The first-order chi connectivity index (χ1) is 26.7. The molecule has 0 aliphatic carbocycles. The summed E-state index contributed by atoms with van der Waals surface area (Å²) < 4.78 is 35.9. The second-order valence-corrected chi connectivity index (χ2v) is 16.5. The zero-order valence-corrected chi connectivity index (χ0v) is 33.5. The van der Waals surface area contributed by atoms with E-state index >= 15 is 0 Å². The van der Waals surface area contributed by atoms with Crippen molar-refractivity contribution in [1.82, 2.24) is 14.5 Å². The normalized spacial score (nSPS) is 15.2. The lowest BCUT2D eigenvalue weighted by molar-refractivity contribution is -0.387. The number of benzene rings is 4. The average molecular weight is 803 g/mol. The number of nitro benzene ring substituents is 1. The maximum Gasteiger partial charge on any atom is 0.310 e. The van der Waals surface area contributed by atoms with Crippen LogP contribution in [0.2, 0.25) is 5.02 Å². The number of nitro groups is 1. The van der Waals surface area contributed by atoms with Crippen LogP contribution in [0, 0.1) is 23.0 Å². The molecule has 1 aliphatic heterocycles. The molecular formula is C42H47ClN4O8S. The number of sulfonamides is 1. The topological polar surface area (TPSA) is 156 Å². The SMILES string of the molecule is CCCN([C@H](C(=O)N[C@@H](CC(=O)OC(c1ccccc1)(c1ccc(C)cc1)c1ccccc1Cl)C(=O)N1CCCC1)C(C)C)S(=O)(=O)c1ccccc1[N+](=O)[O-]. The van der Waals surface area contributed by atoms with Crippen LogP contribution in [-0.4, -0.2) is 72.0 Å². The van der Waals surface area contributed by atoms with E-state index in [2.05, 4.69) is 5.32 Å². The maximum atomic E-state index is 14.5. The van der Waals surface area contributed by atoms with Gasteiger partial charge < -0.3 is 15.0 Å². The summed E-state index contributed by atoms with van der Waals surface area (Å²) in [6.45, 7) is 7.63. The molecule has 3 atom stereocenters. The van der Waals surface area contributed by atoms with Crippen molar-refractivity contribution in [2.24, 2.45) is 5.92 Å². The summed E-state index contributed by atoms with van der Waals surface area (Å²) in [6, 6.07) is 25.7. The Labute approximate surface area is 333 Å². The number of nitrogens with zero attached hydrogens (tertiary/aromatic N) is 3. The molecule has 56 heavy (non-hydrogen) atoms. The number of carbonyl (C=O) groups is 3. The highest BCUT2D eigenvalue weighted by atomic mass is 35.5. The molecule has 0 bridgehead atoms. The molecule has 1 aliphatic rings. The van der Waals surface area contributed by atoms with E-state index in [-0.39, 0.29) is 13.0 Å². The summed E-state index contributed by atoms with van der Waals surface area (Å²) >= 11 is 6.86. The lowest BCUT2D eigenvalue weighted by Gasteiger charge is -2.37. The molecule has 296 valence electrons. The van der Waals surface area contributed by atoms with Gasteiger partial charge in [0.05, 0.1) is 11.3 Å². The van der Waals surface area contributed by atoms with Crippen LogP contribution in [0.25, 0.3) is 0 Å². The van der Waals surface area contributed by atoms with E-state index in [1.165, 1.54) is 12.1 Å². The number of hydrogen-bond acceptors (Lipinski definition) is 8. The fourth-order valence-corrected chi connectivity index (χ4v) is 9.44. The predicted octanol–water partition coefficient (Wildman–Crippen LogP) is 7.01. The van der Waals surface area contributed by atoms with Gasteiger partial charge in [-0.05, 0) is 44.2 Å². The van der Waals surface area contributed by atoms with E-state index in [9.17, 15) is 32.9 Å². The number of rotatable bonds is 16. The first-order valence-corrected chi connectivity index (χ1v) is 20.5. The molecule has 1 saturated heterocycles. The highest BCUT2D eigenvalue weighted by Gasteiger charge is 2.45. The average Bonchev–Trinajstić information content (AvgIpc) is 3.72. The molecule has 1 unspecified atom stereocenters. The molecule has 0 saturated carbocycles. The van der Waals surface area contributed by atoms with Crippen LogP contribution in [0.1, 0.15) is 68.7 Å². The quantitative estimate of drug-likeness (QED) is 0.0549. The number of aryl methyl sites for hydroxylation is 1. The van der Waals surface area contributed by atoms with Crippen LogP contribution >= 0.6 is 11.6 Å². The smallest absolute Gasteiger partial charge is 0.310 e. The van der Waals surface area contributed by atoms with Crippen LogP contribution in [0.4, 0.5) is 5.69 Å². The van der Waals surface area contributed by atoms with Crippen LogP contribution in [0.15, 0.2) is 108 Å². The zero-order chi connectivity index (χ0) is 40.6. The predicted molar refractivity (Wildman–Crippen MR) is 213 cm³/mol. The summed E-state index contributed by atoms with van der Waals surface area (Å²) in [5, 5.41) is 15.0. The Morgan fingerprint density at radius 1 is 0.911 bits per heavy atom. The lowest BCUT2D eigenvalue weighted by Crippen LogP contribution is -2.57. The molecule has 0 radical (unpaired) electrons. The molecule has 4 aromatic rings. The van der Waals surface area contributed by atoms with E-state index in [0.29, 0.717) is 34.8 Å². The molecule has 4 aromatic carbocycles. The third-order valence-corrected chi connectivity index (χ3v) is 12.1. The second kappa shape index (κ2) is 18.2. The fraction of sp³-hybridized carbons (Fsp3) is 0.357. The number of para-hydroxylation sites is 1. The van der Waals surface area contributed by atoms with Gasteiger partial charge in [0, 0.05) is 47.4 Å². The van der Waals surface area contributed by atoms with Gasteiger partial charge in [0.1, 0.15) is 12.1 Å². The first kappa shape index (κ1) is 42.0. The Kier molecular flexibility index (Phi) is 13.7. The molecule has 0 spiro atoms. The van der Waals surface area contributed by atoms with Crippen LogP contribution in [-0.2, 0) is 34.7 Å². The number of esters is 1. The van der Waals surface area contributed by atoms with Gasteiger partial charge >= 0.3 is 5.97 Å². The van der Waals surface area contributed by atoms with Crippen molar-refractivity contribution in [2.75, 3.05) is 19.6 Å². The summed E-state index contributed by atoms with van der Waals surface area (Å²) in [7, 11) is -4.61. The van der Waals surface area contributed by atoms with E-state index < -0.39 is 73.3 Å². The van der Waals surface area contributed by atoms with E-state index in [1.54, 1.807) is 49.9 Å². The number of amides is 2. The van der Waals surface area contributed by atoms with Gasteiger partial charge in [0.2, 0.25) is 11.8 Å². The summed E-state index contributed by atoms with van der Waals surface area (Å²) in [4.78, 5) is 55.2. The molecular weight excluding hydrogens is 756 g/mol. The molecule has 1 fully saturated rings. The minimum Gasteiger partial charge on any atom is -0.444 e. The van der Waals surface area contributed by atoms with Gasteiger partial charge in [-0.15, -0.1) is 0 Å². The third kappa shape index (κ3) is 8.96. The van der Waals surface area contributed by atoms with Crippen molar-refractivity contribution >= 4 is 45.1 Å². The number of likely N-dealkylation sites (tertiary alicyclic amines) is 1. The molecule has 1 heterocycles. The second-order valence-electron chi connectivity index (χ2n) is 14.2. The Morgan fingerprint density at radius 2 is 1.50 bits per heavy atom. The van der Waals surface area contributed by atoms with Crippen molar-refractivity contribution in [3.05, 3.63) is 141 Å². The number of carbonyl (C=O) groups excluding carboxylic acids is 3. The summed E-state index contributed by atoms with van der Waals surface area (Å²) in [6.07, 6.45) is 1.16. The van der Waals surface area contributed by atoms with Crippen LogP contribution in [0.3, 0.4) is 0 Å². The van der Waals surface area contributed by atoms with E-state index in [0.717, 1.165) is 34.8 Å². The Hall–Kier alpha value is -5.11. The largest absolute Gasteiger partial charge is 0.444 e. The Bertz CT molecular complexity index is 2140. The number of nitrogens with one attached hydrogen (secondary N) is 1. The number of ether oxygens (including phenoxy) is 1. The van der Waals surface area contributed by atoms with Crippen LogP contribution < -0.4 is 5.32 Å². The molecule has 5 rings (SSSR count). The standard InChI is InChI=1S/C42H47ClN4O8S/c1-5-25-46(56(53,54)37-20-12-11-19-36(37)47(51)52)39(29(2)3)40(49)44-35(41(50)45-26-13-14-27-45)28-38(48)55-42(31-15-7-6-8-16-31,32-23-21-30(4)22-24-32)33-17-9-10-18-34(33)43/h6-12,15-24,29,35,39H,5,13-14,25-28H2,1-4H3,(H,44,49)/t35-,39-,42?/m0/s1. The van der Waals surface area contributed by atoms with Crippen molar-refractivity contribution in [3.63, 3.8) is 0 Å². The third-order valence-electron chi connectivity index (χ3n) is 9.86. The minimum atomic E-state index is -4.61. The van der Waals surface area contributed by atoms with Gasteiger partial charge in [0.25, 0.3) is 15.7 Å². The Balaban J connectivity index is 1.56. The molecule has 14 heteroatoms. The minimum absolute atomic E-state index is 0.147. The fourth-order valence-electron chi connectivity index (χ4n) is 7.20. The van der Waals surface area contributed by atoms with Gasteiger partial charge in [-0.25, -0.2) is 8.42 Å². The monoisotopic (exact) mass is 802 g/mol. The van der Waals surface area contributed by atoms with Crippen molar-refractivity contribution in [1.29, 1.82) is 0 Å². The van der Waals surface area contributed by atoms with Crippen molar-refractivity contribution < 1.29 is 32.5 Å². The zero-order valence-electron chi connectivity index (χ0n) is 31.9. The van der Waals surface area contributed by atoms with Gasteiger partial charge in [-0.2, -0.15) is 4.31 Å². The van der Waals surface area contributed by atoms with Crippen molar-refractivity contribution in [2.45, 2.75) is 76.0 Å². The first-order valence-electron chi connectivity index (χ1n) is 18.7. The van der Waals surface area contributed by atoms with E-state index in [4.69, 9.17) is 16.3 Å². The molecule has 2 amide bonds. The summed E-state index contributed by atoms with van der Waals surface area (Å²) in [5.41, 5.74) is 0.430. The van der Waals surface area contributed by atoms with Gasteiger partial charge in [0.15, 0.2) is 10.5 Å². The highest BCUT2D eigenvalue weighted by molar-refractivity contribution is 7.89. The van der Waals surface area contributed by atoms with Gasteiger partial charge in [-0.1, -0.05) is 123 Å². The summed E-state index contributed by atoms with van der Waals surface area (Å²) in [5.74, 6) is -2.83. The maximum absolute atomic E-state index is 14.5. The highest BCUT2D eigenvalue weighted by Crippen LogP contribution is 2.44.